The number of aromatic amines is 1. The molecular weight excluding hydrogens is 1700 g/mol. The van der Waals surface area contributed by atoms with Gasteiger partial charge in [0.2, 0.25) is 106 Å². The number of hydrogen-bond acceptors (Lipinski definition) is 25. The number of carbonyl (C=O) groups is 19. The predicted octanol–water partition coefficient (Wildman–Crippen LogP) is -7.31. The van der Waals surface area contributed by atoms with E-state index in [9.17, 15) is 130 Å². The molecule has 0 radical (unpaired) electrons. The monoisotopic (exact) mass is 1810 g/mol. The topological polar surface area (TPSA) is 742 Å². The average Bonchev–Trinajstić information content (AvgIpc) is 1.75. The number of phenols is 1. The van der Waals surface area contributed by atoms with Gasteiger partial charge in [0.25, 0.3) is 0 Å². The Kier molecular flexibility index (Phi) is 40.7. The van der Waals surface area contributed by atoms with Crippen LogP contribution in [0.25, 0.3) is 0 Å². The number of primary amides is 3. The number of benzene rings is 2. The number of phenolic OH excluding ortho intramolecular Hbond substituents is 1. The highest BCUT2D eigenvalue weighted by Gasteiger charge is 2.47. The number of aliphatic hydroxyl groups is 2. The number of likely N-dealkylation sites (tertiary alicyclic amines) is 2. The second-order valence-electron chi connectivity index (χ2n) is 31.4. The number of hydrogen-bond donors (Lipinski definition) is 23. The number of aliphatic hydroxyl groups excluding tert-OH is 2. The van der Waals surface area contributed by atoms with E-state index in [0.717, 1.165) is 49.6 Å². The van der Waals surface area contributed by atoms with Crippen molar-refractivity contribution >= 4 is 120 Å². The number of nitrogens with two attached hydrogens (primary N) is 3. The van der Waals surface area contributed by atoms with Gasteiger partial charge in [-0.25, -0.2) is 13.9 Å². The lowest BCUT2D eigenvalue weighted by Gasteiger charge is -2.33. The summed E-state index contributed by atoms with van der Waals surface area (Å²) in [5.74, 6) is -22.8. The third-order valence-corrected chi connectivity index (χ3v) is 21.2. The number of imidazole rings is 1. The number of aromatic nitrogens is 2. The molecule has 1 aromatic heterocycles. The number of rotatable bonds is 50. The summed E-state index contributed by atoms with van der Waals surface area (Å²) in [4.78, 5) is 288. The molecule has 18 atom stereocenters. The Bertz CT molecular complexity index is 4490. The van der Waals surface area contributed by atoms with Crippen molar-refractivity contribution in [2.75, 3.05) is 19.7 Å². The molecule has 2 aliphatic heterocycles. The summed E-state index contributed by atoms with van der Waals surface area (Å²) in [7, 11) is -5.56. The number of nitrogens with one attached hydrogen (secondary N) is 14. The van der Waals surface area contributed by atoms with E-state index in [4.69, 9.17) is 21.7 Å². The van der Waals surface area contributed by atoms with E-state index >= 15 is 0 Å². The molecule has 3 aromatic rings. The number of H-pyrrole nitrogens is 1. The van der Waals surface area contributed by atoms with Crippen molar-refractivity contribution in [1.82, 2.24) is 88.9 Å². The number of carboxylic acid groups (broad SMARTS) is 1. The second-order valence-corrected chi connectivity index (χ2v) is 32.6. The maximum atomic E-state index is 14.9. The summed E-state index contributed by atoms with van der Waals surface area (Å²) in [6, 6.07) is -15.3. The smallest absolute Gasteiger partial charge is 0.469 e. The van der Waals surface area contributed by atoms with E-state index in [2.05, 4.69) is 79.1 Å². The van der Waals surface area contributed by atoms with Gasteiger partial charge in [-0.1, -0.05) is 58.4 Å². The molecule has 3 heterocycles. The normalized spacial score (nSPS) is 17.5. The van der Waals surface area contributed by atoms with Crippen molar-refractivity contribution in [1.29, 1.82) is 0 Å². The minimum absolute atomic E-state index is 0.00925. The fraction of sp³-hybridized carbons (Fsp3) is 0.564. The first-order valence-electron chi connectivity index (χ1n) is 40.6. The zero-order valence-corrected chi connectivity index (χ0v) is 72.1. The van der Waals surface area contributed by atoms with Crippen LogP contribution in [-0.2, 0) is 119 Å². The molecule has 2 aliphatic rings. The van der Waals surface area contributed by atoms with Crippen molar-refractivity contribution in [3.8, 4) is 5.75 Å². The molecule has 0 aliphatic carbocycles. The fourth-order valence-electron chi connectivity index (χ4n) is 13.7. The van der Waals surface area contributed by atoms with Crippen LogP contribution in [-0.4, -0.2) is 285 Å². The van der Waals surface area contributed by atoms with Crippen LogP contribution in [0, 0.1) is 17.7 Å². The summed E-state index contributed by atoms with van der Waals surface area (Å²) in [6.45, 7) is 10.3. The largest absolute Gasteiger partial charge is 0.508 e. The lowest BCUT2D eigenvalue weighted by Crippen LogP contribution is -2.63. The maximum Gasteiger partial charge on any atom is 0.469 e. The van der Waals surface area contributed by atoms with Crippen LogP contribution >= 0.6 is 7.82 Å². The van der Waals surface area contributed by atoms with Crippen LogP contribution in [0.4, 0.5) is 4.39 Å². The minimum atomic E-state index is -5.56. The van der Waals surface area contributed by atoms with E-state index in [1.807, 2.05) is 0 Å². The highest BCUT2D eigenvalue weighted by molar-refractivity contribution is 7.46. The number of aliphatic carboxylic acids is 1. The minimum Gasteiger partial charge on any atom is -0.508 e. The molecule has 0 bridgehead atoms. The average molecular weight is 1810 g/mol. The lowest BCUT2D eigenvalue weighted by atomic mass is 9.96. The molecule has 49 heteroatoms. The summed E-state index contributed by atoms with van der Waals surface area (Å²) < 4.78 is 31.2. The Morgan fingerprint density at radius 2 is 1.01 bits per heavy atom. The molecule has 2 fully saturated rings. The molecule has 47 nitrogen and oxygen atoms in total. The van der Waals surface area contributed by atoms with Crippen LogP contribution in [0.5, 0.6) is 5.75 Å². The maximum absolute atomic E-state index is 14.9. The zero-order valence-electron chi connectivity index (χ0n) is 71.2. The van der Waals surface area contributed by atoms with Gasteiger partial charge in [-0.3, -0.25) is 95.6 Å². The highest BCUT2D eigenvalue weighted by atomic mass is 31.2. The number of carboxylic acids is 1. The van der Waals surface area contributed by atoms with Gasteiger partial charge in [-0.15, -0.1) is 0 Å². The Morgan fingerprint density at radius 3 is 1.52 bits per heavy atom. The molecule has 0 unspecified atom stereocenters. The molecule has 700 valence electrons. The van der Waals surface area contributed by atoms with E-state index in [0.29, 0.717) is 5.56 Å². The van der Waals surface area contributed by atoms with Gasteiger partial charge in [-0.2, -0.15) is 0 Å². The number of aromatic hydroxyl groups is 1. The Morgan fingerprint density at radius 1 is 0.543 bits per heavy atom. The van der Waals surface area contributed by atoms with Gasteiger partial charge < -0.3 is 131 Å². The van der Waals surface area contributed by atoms with Gasteiger partial charge in [0, 0.05) is 57.6 Å². The van der Waals surface area contributed by atoms with Crippen LogP contribution in [0.2, 0.25) is 0 Å². The highest BCUT2D eigenvalue weighted by Crippen LogP contribution is 2.38. The third kappa shape index (κ3) is 33.6. The first kappa shape index (κ1) is 105. The summed E-state index contributed by atoms with van der Waals surface area (Å²) in [6.07, 6.45) is -4.69. The number of phosphoric ester groups is 1. The lowest BCUT2D eigenvalue weighted by molar-refractivity contribution is -0.150. The zero-order chi connectivity index (χ0) is 95.2. The number of halogens is 1. The van der Waals surface area contributed by atoms with Crippen LogP contribution in [0.15, 0.2) is 61.1 Å². The first-order chi connectivity index (χ1) is 59.5. The SMILES string of the molecule is CC[C@H](C)[C@H](NC(=O)[C@H](C)NC(=O)[C@@H](NC(=O)[C@H](CO)NC(=O)[C@H](Cc1cnc[nH]1)NC(=O)[C@H](CC(C)C)NC(=O)[C@@H]1CCCN1C(=O)[C@@H]1CCCN1C(=O)[C@H](CC(=O)O)NC(=O)[C@H](Cc1ccc(F)cc1)NC(=O)[C@@H](NC(=O)[C@H](CCC(N)=O)NC(C)=O)[C@@H](C)O)[C@@H](C)OP(=O)(O)O)C(=O)N[C@@H](Cc1ccc(O)cc1)C(=O)N[C@@H](C)C(=O)N[C@@H](CC(N)=O)C(N)=O. The van der Waals surface area contributed by atoms with Crippen molar-refractivity contribution in [3.05, 3.63) is 83.7 Å². The number of nitrogens with zero attached hydrogens (tertiary/aromatic N) is 3. The van der Waals surface area contributed by atoms with Crippen LogP contribution in [0.3, 0.4) is 0 Å². The van der Waals surface area contributed by atoms with Gasteiger partial charge in [0.05, 0.1) is 38.0 Å². The number of amides is 18. The summed E-state index contributed by atoms with van der Waals surface area (Å²) in [5, 5.41) is 72.3. The van der Waals surface area contributed by atoms with Crippen LogP contribution in [0.1, 0.15) is 143 Å². The van der Waals surface area contributed by atoms with E-state index < -0.39 is 279 Å². The molecule has 5 rings (SSSR count). The second kappa shape index (κ2) is 49.3. The fourth-order valence-corrected chi connectivity index (χ4v) is 14.2. The van der Waals surface area contributed by atoms with E-state index in [1.54, 1.807) is 20.8 Å². The van der Waals surface area contributed by atoms with Crippen molar-refractivity contribution in [2.45, 2.75) is 249 Å². The molecule has 26 N–H and O–H groups in total. The summed E-state index contributed by atoms with van der Waals surface area (Å²) >= 11 is 0. The molecular formula is C78H114FN20O27P. The van der Waals surface area contributed by atoms with Crippen molar-refractivity contribution < 1.29 is 135 Å². The molecule has 18 amide bonds. The Labute approximate surface area is 727 Å². The first-order valence-corrected chi connectivity index (χ1v) is 42.2. The van der Waals surface area contributed by atoms with Crippen molar-refractivity contribution in [3.63, 3.8) is 0 Å². The number of carbonyl (C=O) groups excluding carboxylic acids is 18. The van der Waals surface area contributed by atoms with Crippen molar-refractivity contribution in [2.24, 2.45) is 29.0 Å². The van der Waals surface area contributed by atoms with Crippen LogP contribution < -0.4 is 86.3 Å². The molecule has 2 aromatic carbocycles. The predicted molar refractivity (Wildman–Crippen MR) is 440 cm³/mol. The van der Waals surface area contributed by atoms with Gasteiger partial charge in [-0.05, 0) is 113 Å². The van der Waals surface area contributed by atoms with E-state index in [-0.39, 0.29) is 81.5 Å². The standard InChI is InChI=1S/C78H114FN20O27P/c1-10-37(4)61(74(118)91-51(29-44-17-21-47(103)22-18-44)68(112)85-38(5)65(109)88-49(64(82)108)31-59(81)105)95-66(110)39(6)86-76(120)63(41(8)126-127(123,124)125)97-72(116)55(34-100)94-71(115)53(30-46-33-83-35-84-46)89-69(113)50(27-36(2)3)90-73(117)56-13-11-25-98(56)78(122)57-14-12-26-99(57)77(121)54(32-60(106)107)93-70(114)52(28-43-15-19-45(79)20-16-43)92-75(119)62(40(7)101)96-67(111)48(87-42(9)102)23-24-58(80)104/h15-22,33,35-41,48-57,61-63,100-101,103H,10-14,23-32,34H2,1-9H3,(H2,80,104)(H2,81,105)(H2,82,108)(H,83,84)(H,85,112)(H,86,120)(H,87,102)(H,88,109)(H,89,113)(H,90,117)(H,91,118)(H,92,119)(H,93,114)(H,94,115)(H,95,110)(H,96,111)(H,97,116)(H,106,107)(H2,123,124,125)/t37-,38-,39-,40+,41+,48-,49-,50-,51-,52-,53-,54-,55-,56-,57-,61-,62-,63-/m0/s1. The van der Waals surface area contributed by atoms with Gasteiger partial charge >= 0.3 is 13.8 Å². The molecule has 0 saturated carbocycles. The molecule has 2 saturated heterocycles. The van der Waals surface area contributed by atoms with E-state index in [1.165, 1.54) is 62.8 Å². The van der Waals surface area contributed by atoms with Gasteiger partial charge in [0.1, 0.15) is 102 Å². The Balaban J connectivity index is 1.33. The third-order valence-electron chi connectivity index (χ3n) is 20.6. The van der Waals surface area contributed by atoms with Gasteiger partial charge in [0.15, 0.2) is 0 Å². The Hall–Kier alpha value is -12.7. The molecule has 127 heavy (non-hydrogen) atoms. The quantitative estimate of drug-likeness (QED) is 0.0234. The summed E-state index contributed by atoms with van der Waals surface area (Å²) in [5.41, 5.74) is 16.5. The molecule has 0 spiro atoms. The number of phosphoric acid groups is 1.